The first-order chi connectivity index (χ1) is 18.2. The average molecular weight is 574 g/mol. The van der Waals surface area contributed by atoms with E-state index >= 15 is 0 Å². The molecule has 4 atom stereocenters. The van der Waals surface area contributed by atoms with Gasteiger partial charge in [0.25, 0.3) is 0 Å². The van der Waals surface area contributed by atoms with Crippen LogP contribution < -0.4 is 21.7 Å². The summed E-state index contributed by atoms with van der Waals surface area (Å²) >= 11 is 0. The van der Waals surface area contributed by atoms with Crippen LogP contribution in [0.25, 0.3) is 0 Å². The molecule has 0 radical (unpaired) electrons. The summed E-state index contributed by atoms with van der Waals surface area (Å²) < 4.78 is 39.4. The van der Waals surface area contributed by atoms with E-state index in [-0.39, 0.29) is 25.3 Å². The molecule has 226 valence electrons. The fourth-order valence-electron chi connectivity index (χ4n) is 6.40. The van der Waals surface area contributed by atoms with E-state index in [2.05, 4.69) is 10.6 Å². The normalized spacial score (nSPS) is 25.7. The molecule has 3 fully saturated rings. The van der Waals surface area contributed by atoms with Crippen molar-refractivity contribution >= 4 is 29.5 Å². The molecule has 0 unspecified atom stereocenters. The van der Waals surface area contributed by atoms with Crippen LogP contribution in [-0.4, -0.2) is 70.8 Å². The van der Waals surface area contributed by atoms with Gasteiger partial charge in [-0.05, 0) is 56.8 Å². The van der Waals surface area contributed by atoms with E-state index in [4.69, 9.17) is 5.73 Å². The van der Waals surface area contributed by atoms with Gasteiger partial charge >= 0.3 is 12.1 Å². The number of amides is 5. The van der Waals surface area contributed by atoms with Crippen LogP contribution in [0.2, 0.25) is 0 Å². The third-order valence-corrected chi connectivity index (χ3v) is 8.42. The summed E-state index contributed by atoms with van der Waals surface area (Å²) in [6, 6.07) is -3.80. The minimum atomic E-state index is -5.19. The van der Waals surface area contributed by atoms with Crippen molar-refractivity contribution in [3.8, 4) is 0 Å². The highest BCUT2D eigenvalue weighted by atomic mass is 19.4. The zero-order valence-electron chi connectivity index (χ0n) is 23.9. The molecule has 0 bridgehead atoms. The molecule has 1 spiro atoms. The maximum Gasteiger partial charge on any atom is 0.471 e. The minimum absolute atomic E-state index is 0.0194. The largest absolute Gasteiger partial charge is 0.471 e. The van der Waals surface area contributed by atoms with Crippen molar-refractivity contribution in [1.82, 2.24) is 20.9 Å². The Morgan fingerprint density at radius 1 is 1.05 bits per heavy atom. The third-order valence-electron chi connectivity index (χ3n) is 8.42. The molecule has 3 aliphatic rings. The predicted octanol–water partition coefficient (Wildman–Crippen LogP) is 1.91. The summed E-state index contributed by atoms with van der Waals surface area (Å²) in [5.74, 6) is -5.33. The molecule has 40 heavy (non-hydrogen) atoms. The minimum Gasteiger partial charge on any atom is -0.368 e. The zero-order chi connectivity index (χ0) is 30.3. The van der Waals surface area contributed by atoms with Gasteiger partial charge in [0.2, 0.25) is 23.6 Å². The topological polar surface area (TPSA) is 151 Å². The summed E-state index contributed by atoms with van der Waals surface area (Å²) in [5.41, 5.74) is 3.62. The van der Waals surface area contributed by atoms with E-state index in [9.17, 15) is 37.1 Å². The second-order valence-corrected chi connectivity index (χ2v) is 13.5. The summed E-state index contributed by atoms with van der Waals surface area (Å²) in [6.07, 6.45) is -0.228. The Morgan fingerprint density at radius 2 is 1.65 bits per heavy atom. The van der Waals surface area contributed by atoms with E-state index in [0.29, 0.717) is 6.42 Å². The van der Waals surface area contributed by atoms with Crippen LogP contribution in [0.4, 0.5) is 13.2 Å². The number of carbonyl (C=O) groups is 5. The molecule has 1 aliphatic carbocycles. The van der Waals surface area contributed by atoms with Crippen molar-refractivity contribution < 1.29 is 37.1 Å². The second-order valence-electron chi connectivity index (χ2n) is 13.5. The number of hydrogen-bond acceptors (Lipinski definition) is 5. The Labute approximate surface area is 232 Å². The first kappa shape index (κ1) is 31.7. The molecule has 5 amide bonds. The molecule has 0 aromatic carbocycles. The summed E-state index contributed by atoms with van der Waals surface area (Å²) in [4.78, 5) is 65.3. The molecule has 2 aliphatic heterocycles. The molecule has 0 aromatic heterocycles. The fraction of sp³-hybridized carbons (Fsp3) is 0.815. The Bertz CT molecular complexity index is 1030. The number of alkyl halides is 3. The van der Waals surface area contributed by atoms with Crippen LogP contribution in [-0.2, 0) is 24.0 Å². The van der Waals surface area contributed by atoms with Crippen molar-refractivity contribution in [2.75, 3.05) is 6.54 Å². The zero-order valence-corrected chi connectivity index (χ0v) is 23.9. The van der Waals surface area contributed by atoms with Crippen LogP contribution >= 0.6 is 0 Å². The lowest BCUT2D eigenvalue weighted by atomic mass is 9.72. The molecule has 2 heterocycles. The van der Waals surface area contributed by atoms with Crippen molar-refractivity contribution in [3.63, 3.8) is 0 Å². The monoisotopic (exact) mass is 573 g/mol. The van der Waals surface area contributed by atoms with E-state index in [1.165, 1.54) is 25.7 Å². The number of nitrogens with zero attached hydrogens (tertiary/aromatic N) is 1. The molecule has 5 N–H and O–H groups in total. The van der Waals surface area contributed by atoms with Gasteiger partial charge in [0.15, 0.2) is 0 Å². The van der Waals surface area contributed by atoms with Crippen LogP contribution in [0.1, 0.15) is 86.0 Å². The summed E-state index contributed by atoms with van der Waals surface area (Å²) in [7, 11) is 0. The van der Waals surface area contributed by atoms with Gasteiger partial charge in [-0.3, -0.25) is 24.0 Å². The molecular formula is C27H42F3N5O5. The first-order valence-corrected chi connectivity index (χ1v) is 13.8. The molecular weight excluding hydrogens is 531 g/mol. The average Bonchev–Trinajstić information content (AvgIpc) is 3.30. The first-order valence-electron chi connectivity index (χ1n) is 13.8. The number of rotatable bonds is 7. The summed E-state index contributed by atoms with van der Waals surface area (Å²) in [5, 5.41) is 7.31. The highest BCUT2D eigenvalue weighted by Crippen LogP contribution is 2.47. The molecule has 3 rings (SSSR count). The van der Waals surface area contributed by atoms with Gasteiger partial charge in [0.05, 0.1) is 0 Å². The number of likely N-dealkylation sites (tertiary alicyclic amines) is 1. The standard InChI is InChI=1S/C27H42F3N5O5/c1-24(2,3)18(33-23(40)27(28,29)30)22(39)35-14-26(9-7-6-8-10-26)13-17(35)21(38)32-16(19(31)36)11-15-12-25(4,5)34-20(15)37/h15-18H,6-14H2,1-5H3,(H2,31,36)(H,32,38)(H,33,40)(H,34,37)/t15-,16+,17+,18-/m1/s1. The van der Waals surface area contributed by atoms with E-state index in [1.807, 2.05) is 19.2 Å². The number of hydrogen-bond donors (Lipinski definition) is 4. The van der Waals surface area contributed by atoms with Crippen molar-refractivity contribution in [3.05, 3.63) is 0 Å². The van der Waals surface area contributed by atoms with Crippen LogP contribution in [0, 0.1) is 16.7 Å². The van der Waals surface area contributed by atoms with Gasteiger partial charge in [-0.15, -0.1) is 0 Å². The Balaban J connectivity index is 1.87. The lowest BCUT2D eigenvalue weighted by molar-refractivity contribution is -0.176. The number of carbonyl (C=O) groups excluding carboxylic acids is 5. The number of halogens is 3. The molecule has 13 heteroatoms. The quantitative estimate of drug-likeness (QED) is 0.367. The number of nitrogens with one attached hydrogen (secondary N) is 3. The Hall–Kier alpha value is -2.86. The SMILES string of the molecule is CC1(C)C[C@@H](C[C@H](NC(=O)[C@@H]2CC3(CCCCC3)CN2C(=O)[C@@H](NC(=O)C(F)(F)F)C(C)(C)C)C(N)=O)C(=O)N1. The third kappa shape index (κ3) is 7.25. The Morgan fingerprint density at radius 3 is 2.12 bits per heavy atom. The Kier molecular flexibility index (Phi) is 8.86. The smallest absolute Gasteiger partial charge is 0.368 e. The van der Waals surface area contributed by atoms with Crippen molar-refractivity contribution in [2.45, 2.75) is 116 Å². The lowest BCUT2D eigenvalue weighted by Gasteiger charge is -2.37. The maximum absolute atomic E-state index is 13.8. The maximum atomic E-state index is 13.8. The van der Waals surface area contributed by atoms with Gasteiger partial charge in [-0.25, -0.2) is 0 Å². The van der Waals surface area contributed by atoms with Crippen LogP contribution in [0.3, 0.4) is 0 Å². The molecule has 1 saturated carbocycles. The van der Waals surface area contributed by atoms with Gasteiger partial charge in [0, 0.05) is 18.0 Å². The highest BCUT2D eigenvalue weighted by molar-refractivity contribution is 5.95. The van der Waals surface area contributed by atoms with E-state index < -0.39 is 70.2 Å². The molecule has 2 saturated heterocycles. The van der Waals surface area contributed by atoms with E-state index in [1.54, 1.807) is 0 Å². The van der Waals surface area contributed by atoms with Crippen LogP contribution in [0.15, 0.2) is 0 Å². The fourth-order valence-corrected chi connectivity index (χ4v) is 6.40. The van der Waals surface area contributed by atoms with Gasteiger partial charge in [-0.1, -0.05) is 40.0 Å². The summed E-state index contributed by atoms with van der Waals surface area (Å²) in [6.45, 7) is 8.44. The van der Waals surface area contributed by atoms with Gasteiger partial charge < -0.3 is 26.6 Å². The van der Waals surface area contributed by atoms with Gasteiger partial charge in [0.1, 0.15) is 18.1 Å². The van der Waals surface area contributed by atoms with Gasteiger partial charge in [-0.2, -0.15) is 13.2 Å². The van der Waals surface area contributed by atoms with Crippen molar-refractivity contribution in [1.29, 1.82) is 0 Å². The number of nitrogens with two attached hydrogens (primary N) is 1. The van der Waals surface area contributed by atoms with Crippen molar-refractivity contribution in [2.24, 2.45) is 22.5 Å². The van der Waals surface area contributed by atoms with Crippen LogP contribution in [0.5, 0.6) is 0 Å². The predicted molar refractivity (Wildman–Crippen MR) is 139 cm³/mol. The van der Waals surface area contributed by atoms with E-state index in [0.717, 1.165) is 32.1 Å². The highest BCUT2D eigenvalue weighted by Gasteiger charge is 2.53. The molecule has 0 aromatic rings. The molecule has 10 nitrogen and oxygen atoms in total. The lowest BCUT2D eigenvalue weighted by Crippen LogP contribution is -2.60. The number of primary amides is 1. The second kappa shape index (κ2) is 11.2.